The van der Waals surface area contributed by atoms with Gasteiger partial charge in [0.2, 0.25) is 5.91 Å². The Kier molecular flexibility index (Phi) is 3.41. The minimum absolute atomic E-state index is 0.00685. The molecule has 0 unspecified atom stereocenters. The second-order valence-corrected chi connectivity index (χ2v) is 6.56. The van der Waals surface area contributed by atoms with E-state index < -0.39 is 0 Å². The topological polar surface area (TPSA) is 46.9 Å². The second kappa shape index (κ2) is 5.43. The summed E-state index contributed by atoms with van der Waals surface area (Å²) in [7, 11) is 0. The molecule has 114 valence electrons. The van der Waals surface area contributed by atoms with Crippen molar-refractivity contribution in [1.82, 2.24) is 9.78 Å². The minimum atomic E-state index is -0.00685. The van der Waals surface area contributed by atoms with Crippen LogP contribution in [0.4, 0.5) is 5.82 Å². The van der Waals surface area contributed by atoms with Crippen molar-refractivity contribution >= 4 is 23.3 Å². The lowest BCUT2D eigenvalue weighted by molar-refractivity contribution is -0.116. The van der Waals surface area contributed by atoms with Gasteiger partial charge >= 0.3 is 0 Å². The minimum Gasteiger partial charge on any atom is -0.311 e. The van der Waals surface area contributed by atoms with Crippen LogP contribution in [0.2, 0.25) is 5.02 Å². The molecule has 1 saturated carbocycles. The van der Waals surface area contributed by atoms with Crippen LogP contribution in [0.5, 0.6) is 0 Å². The highest BCUT2D eigenvalue weighted by atomic mass is 35.5. The highest BCUT2D eigenvalue weighted by Crippen LogP contribution is 2.42. The zero-order valence-electron chi connectivity index (χ0n) is 12.3. The molecule has 1 fully saturated rings. The maximum absolute atomic E-state index is 12.2. The summed E-state index contributed by atoms with van der Waals surface area (Å²) in [6.07, 6.45) is 7.08. The molecule has 1 atom stereocenters. The van der Waals surface area contributed by atoms with Crippen molar-refractivity contribution in [3.63, 3.8) is 0 Å². The number of benzene rings is 1. The average molecular weight is 316 g/mol. The van der Waals surface area contributed by atoms with Crippen LogP contribution >= 0.6 is 11.6 Å². The van der Waals surface area contributed by atoms with E-state index in [2.05, 4.69) is 10.4 Å². The fraction of sp³-hybridized carbons (Fsp3) is 0.412. The number of anilines is 1. The SMILES string of the molecule is O=C1C[C@@H](c2ccccc2Cl)c2cnn(C3CCCC3)c2N1. The van der Waals surface area contributed by atoms with Crippen LogP contribution < -0.4 is 5.32 Å². The van der Waals surface area contributed by atoms with Crippen LogP contribution in [0.1, 0.15) is 55.2 Å². The third kappa shape index (κ3) is 2.22. The summed E-state index contributed by atoms with van der Waals surface area (Å²) in [5, 5.41) is 8.31. The van der Waals surface area contributed by atoms with E-state index in [0.717, 1.165) is 29.8 Å². The molecule has 22 heavy (non-hydrogen) atoms. The van der Waals surface area contributed by atoms with Crippen molar-refractivity contribution in [2.24, 2.45) is 0 Å². The summed E-state index contributed by atoms with van der Waals surface area (Å²) < 4.78 is 2.02. The first-order chi connectivity index (χ1) is 10.7. The van der Waals surface area contributed by atoms with Gasteiger partial charge in [-0.05, 0) is 24.5 Å². The molecule has 1 aliphatic heterocycles. The molecule has 5 heteroatoms. The van der Waals surface area contributed by atoms with E-state index >= 15 is 0 Å². The smallest absolute Gasteiger partial charge is 0.226 e. The predicted molar refractivity (Wildman–Crippen MR) is 86.3 cm³/mol. The Labute approximate surface area is 134 Å². The number of carbonyl (C=O) groups excluding carboxylic acids is 1. The number of fused-ring (bicyclic) bond motifs is 1. The zero-order chi connectivity index (χ0) is 15.1. The van der Waals surface area contributed by atoms with Crippen molar-refractivity contribution < 1.29 is 4.79 Å². The van der Waals surface area contributed by atoms with Crippen molar-refractivity contribution in [2.75, 3.05) is 5.32 Å². The molecule has 1 aromatic carbocycles. The number of nitrogens with one attached hydrogen (secondary N) is 1. The van der Waals surface area contributed by atoms with Crippen LogP contribution in [0.15, 0.2) is 30.5 Å². The van der Waals surface area contributed by atoms with Crippen LogP contribution in [0.25, 0.3) is 0 Å². The van der Waals surface area contributed by atoms with E-state index in [9.17, 15) is 4.79 Å². The molecule has 0 bridgehead atoms. The number of hydrogen-bond acceptors (Lipinski definition) is 2. The molecule has 2 aliphatic rings. The first kappa shape index (κ1) is 13.8. The van der Waals surface area contributed by atoms with Crippen LogP contribution in [-0.2, 0) is 4.79 Å². The van der Waals surface area contributed by atoms with Gasteiger partial charge in [-0.15, -0.1) is 0 Å². The Bertz CT molecular complexity index is 718. The molecule has 0 radical (unpaired) electrons. The van der Waals surface area contributed by atoms with E-state index in [1.54, 1.807) is 0 Å². The Morgan fingerprint density at radius 3 is 2.73 bits per heavy atom. The third-order valence-electron chi connectivity index (χ3n) is 4.80. The van der Waals surface area contributed by atoms with E-state index in [-0.39, 0.29) is 11.8 Å². The molecule has 2 heterocycles. The fourth-order valence-electron chi connectivity index (χ4n) is 3.70. The summed E-state index contributed by atoms with van der Waals surface area (Å²) in [6.45, 7) is 0. The summed E-state index contributed by atoms with van der Waals surface area (Å²) in [6, 6.07) is 8.17. The lowest BCUT2D eigenvalue weighted by atomic mass is 9.87. The molecule has 1 aromatic heterocycles. The molecule has 4 rings (SSSR count). The standard InChI is InChI=1S/C17H18ClN3O/c18-15-8-4-3-7-12(15)13-9-16(22)20-17-14(13)10-19-21(17)11-5-1-2-6-11/h3-4,7-8,10-11,13H,1-2,5-6,9H2,(H,20,22)/t13-/m0/s1. The van der Waals surface area contributed by atoms with Crippen LogP contribution in [0.3, 0.4) is 0 Å². The quantitative estimate of drug-likeness (QED) is 0.906. The molecule has 0 saturated heterocycles. The van der Waals surface area contributed by atoms with Gasteiger partial charge in [0.25, 0.3) is 0 Å². The van der Waals surface area contributed by atoms with Crippen molar-refractivity contribution in [3.8, 4) is 0 Å². The van der Waals surface area contributed by atoms with Gasteiger partial charge < -0.3 is 5.32 Å². The molecule has 1 amide bonds. The van der Waals surface area contributed by atoms with E-state index in [1.807, 2.05) is 35.1 Å². The number of nitrogens with zero attached hydrogens (tertiary/aromatic N) is 2. The number of halogens is 1. The van der Waals surface area contributed by atoms with Gasteiger partial charge in [0.05, 0.1) is 12.2 Å². The Balaban J connectivity index is 1.78. The summed E-state index contributed by atoms with van der Waals surface area (Å²) in [4.78, 5) is 12.2. The number of hydrogen-bond donors (Lipinski definition) is 1. The van der Waals surface area contributed by atoms with Crippen LogP contribution in [-0.4, -0.2) is 15.7 Å². The molecule has 0 spiro atoms. The Morgan fingerprint density at radius 1 is 1.18 bits per heavy atom. The normalized spacial score (nSPS) is 21.7. The molecule has 1 aliphatic carbocycles. The number of rotatable bonds is 2. The van der Waals surface area contributed by atoms with Gasteiger partial charge in [0, 0.05) is 22.9 Å². The van der Waals surface area contributed by atoms with Gasteiger partial charge in [-0.2, -0.15) is 5.10 Å². The molecular weight excluding hydrogens is 298 g/mol. The van der Waals surface area contributed by atoms with E-state index in [0.29, 0.717) is 17.5 Å². The zero-order valence-corrected chi connectivity index (χ0v) is 13.0. The Hall–Kier alpha value is -1.81. The molecule has 4 nitrogen and oxygen atoms in total. The van der Waals surface area contributed by atoms with Crippen LogP contribution in [0, 0.1) is 0 Å². The second-order valence-electron chi connectivity index (χ2n) is 6.16. The third-order valence-corrected chi connectivity index (χ3v) is 5.14. The molecule has 1 N–H and O–H groups in total. The number of amides is 1. The van der Waals surface area contributed by atoms with Crippen molar-refractivity contribution in [2.45, 2.75) is 44.1 Å². The fourth-order valence-corrected chi connectivity index (χ4v) is 3.97. The van der Waals surface area contributed by atoms with Gasteiger partial charge in [0.15, 0.2) is 0 Å². The summed E-state index contributed by atoms with van der Waals surface area (Å²) >= 11 is 6.35. The maximum Gasteiger partial charge on any atom is 0.226 e. The van der Waals surface area contributed by atoms with E-state index in [1.165, 1.54) is 12.8 Å². The number of carbonyl (C=O) groups is 1. The molecule has 2 aromatic rings. The lowest BCUT2D eigenvalue weighted by Gasteiger charge is -2.25. The largest absolute Gasteiger partial charge is 0.311 e. The highest BCUT2D eigenvalue weighted by molar-refractivity contribution is 6.31. The maximum atomic E-state index is 12.2. The van der Waals surface area contributed by atoms with Gasteiger partial charge in [-0.25, -0.2) is 4.68 Å². The lowest BCUT2D eigenvalue weighted by Crippen LogP contribution is -2.25. The van der Waals surface area contributed by atoms with Gasteiger partial charge in [-0.1, -0.05) is 42.6 Å². The highest BCUT2D eigenvalue weighted by Gasteiger charge is 2.33. The first-order valence-electron chi connectivity index (χ1n) is 7.85. The van der Waals surface area contributed by atoms with E-state index in [4.69, 9.17) is 11.6 Å². The van der Waals surface area contributed by atoms with Crippen molar-refractivity contribution in [1.29, 1.82) is 0 Å². The molecular formula is C17H18ClN3O. The van der Waals surface area contributed by atoms with Gasteiger partial charge in [0.1, 0.15) is 5.82 Å². The monoisotopic (exact) mass is 315 g/mol. The van der Waals surface area contributed by atoms with Crippen molar-refractivity contribution in [3.05, 3.63) is 46.6 Å². The van der Waals surface area contributed by atoms with Gasteiger partial charge in [-0.3, -0.25) is 4.79 Å². The number of aromatic nitrogens is 2. The first-order valence-corrected chi connectivity index (χ1v) is 8.23. The average Bonchev–Trinajstić information content (AvgIpc) is 3.15. The summed E-state index contributed by atoms with van der Waals surface area (Å²) in [5.41, 5.74) is 2.09. The summed E-state index contributed by atoms with van der Waals surface area (Å²) in [5.74, 6) is 0.901. The predicted octanol–water partition coefficient (Wildman–Crippen LogP) is 4.13. The Morgan fingerprint density at radius 2 is 1.95 bits per heavy atom.